The van der Waals surface area contributed by atoms with Crippen LogP contribution >= 0.6 is 0 Å². The summed E-state index contributed by atoms with van der Waals surface area (Å²) in [6.07, 6.45) is 7.76. The maximum atomic E-state index is 2.50. The van der Waals surface area contributed by atoms with Crippen molar-refractivity contribution < 1.29 is 0 Å². The predicted octanol–water partition coefficient (Wildman–Crippen LogP) is 1.69. The maximum Gasteiger partial charge on any atom is 0.0106 e. The molecule has 0 saturated heterocycles. The van der Waals surface area contributed by atoms with Gasteiger partial charge in [-0.15, -0.1) is 0 Å². The molecule has 1 saturated carbocycles. The van der Waals surface area contributed by atoms with Crippen molar-refractivity contribution in [3.05, 3.63) is 12.2 Å². The van der Waals surface area contributed by atoms with Crippen LogP contribution in [-0.4, -0.2) is 50.6 Å². The molecule has 0 unspecified atom stereocenters. The lowest BCUT2D eigenvalue weighted by molar-refractivity contribution is 0.231. The van der Waals surface area contributed by atoms with E-state index < -0.39 is 0 Å². The van der Waals surface area contributed by atoms with E-state index >= 15 is 0 Å². The fourth-order valence-electron chi connectivity index (χ4n) is 2.97. The summed E-state index contributed by atoms with van der Waals surface area (Å²) in [6.45, 7) is 3.66. The summed E-state index contributed by atoms with van der Waals surface area (Å²) >= 11 is 0. The highest BCUT2D eigenvalue weighted by Crippen LogP contribution is 2.43. The van der Waals surface area contributed by atoms with Gasteiger partial charge >= 0.3 is 0 Å². The van der Waals surface area contributed by atoms with Gasteiger partial charge in [0.25, 0.3) is 0 Å². The Morgan fingerprint density at radius 3 is 2.40 bits per heavy atom. The van der Waals surface area contributed by atoms with Crippen molar-refractivity contribution in [1.29, 1.82) is 0 Å². The maximum absolute atomic E-state index is 2.50. The molecule has 0 aromatic carbocycles. The average molecular weight is 208 g/mol. The number of hydrogen-bond donors (Lipinski definition) is 0. The van der Waals surface area contributed by atoms with Crippen molar-refractivity contribution >= 4 is 0 Å². The molecule has 0 aliphatic heterocycles. The largest absolute Gasteiger partial charge is 0.308 e. The predicted molar refractivity (Wildman–Crippen MR) is 64.9 cm³/mol. The first-order valence-electron chi connectivity index (χ1n) is 6.16. The van der Waals surface area contributed by atoms with Gasteiger partial charge in [-0.25, -0.2) is 0 Å². The van der Waals surface area contributed by atoms with E-state index in [0.29, 0.717) is 0 Å². The van der Waals surface area contributed by atoms with Crippen molar-refractivity contribution in [2.75, 3.05) is 40.8 Å². The Balaban J connectivity index is 1.71. The Kier molecular flexibility index (Phi) is 3.47. The SMILES string of the molecule is CN(C)CCN(C)C[C@@H]1C[C@@H]2C=C[C@@H]1C2. The van der Waals surface area contributed by atoms with Crippen molar-refractivity contribution in [1.82, 2.24) is 9.80 Å². The lowest BCUT2D eigenvalue weighted by atomic mass is 9.93. The fourth-order valence-corrected chi connectivity index (χ4v) is 2.97. The van der Waals surface area contributed by atoms with Gasteiger partial charge in [-0.2, -0.15) is 0 Å². The molecule has 2 aliphatic rings. The van der Waals surface area contributed by atoms with E-state index in [1.54, 1.807) is 0 Å². The quantitative estimate of drug-likeness (QED) is 0.634. The van der Waals surface area contributed by atoms with Crippen molar-refractivity contribution in [2.45, 2.75) is 12.8 Å². The van der Waals surface area contributed by atoms with E-state index in [-0.39, 0.29) is 0 Å². The number of likely N-dealkylation sites (N-methyl/N-ethyl adjacent to an activating group) is 2. The van der Waals surface area contributed by atoms with Crippen LogP contribution in [0.3, 0.4) is 0 Å². The Bertz CT molecular complexity index is 235. The highest BCUT2D eigenvalue weighted by molar-refractivity contribution is 5.10. The van der Waals surface area contributed by atoms with Gasteiger partial charge in [0.2, 0.25) is 0 Å². The number of rotatable bonds is 5. The molecule has 2 bridgehead atoms. The van der Waals surface area contributed by atoms with E-state index in [0.717, 1.165) is 17.8 Å². The second kappa shape index (κ2) is 4.67. The normalized spacial score (nSPS) is 33.5. The van der Waals surface area contributed by atoms with Gasteiger partial charge in [0, 0.05) is 19.6 Å². The van der Waals surface area contributed by atoms with Crippen molar-refractivity contribution in [2.24, 2.45) is 17.8 Å². The van der Waals surface area contributed by atoms with E-state index in [2.05, 4.69) is 43.1 Å². The summed E-state index contributed by atoms with van der Waals surface area (Å²) in [5, 5.41) is 0. The molecule has 2 aliphatic carbocycles. The summed E-state index contributed by atoms with van der Waals surface area (Å²) in [6, 6.07) is 0. The van der Waals surface area contributed by atoms with Crippen LogP contribution in [0.15, 0.2) is 12.2 Å². The Morgan fingerprint density at radius 1 is 1.07 bits per heavy atom. The van der Waals surface area contributed by atoms with Gasteiger partial charge in [0.05, 0.1) is 0 Å². The van der Waals surface area contributed by atoms with Crippen molar-refractivity contribution in [3.8, 4) is 0 Å². The number of fused-ring (bicyclic) bond motifs is 2. The zero-order chi connectivity index (χ0) is 10.8. The van der Waals surface area contributed by atoms with Crippen LogP contribution in [0, 0.1) is 17.8 Å². The van der Waals surface area contributed by atoms with Crippen LogP contribution in [0.5, 0.6) is 0 Å². The summed E-state index contributed by atoms with van der Waals surface area (Å²) < 4.78 is 0. The van der Waals surface area contributed by atoms with E-state index in [9.17, 15) is 0 Å². The molecule has 0 N–H and O–H groups in total. The molecule has 15 heavy (non-hydrogen) atoms. The van der Waals surface area contributed by atoms with Gasteiger partial charge < -0.3 is 9.80 Å². The van der Waals surface area contributed by atoms with Crippen LogP contribution in [0.25, 0.3) is 0 Å². The molecular weight excluding hydrogens is 184 g/mol. The van der Waals surface area contributed by atoms with Gasteiger partial charge in [0.15, 0.2) is 0 Å². The van der Waals surface area contributed by atoms with E-state index in [1.165, 1.54) is 32.5 Å². The first-order chi connectivity index (χ1) is 7.15. The third kappa shape index (κ3) is 2.82. The molecule has 1 fully saturated rings. The molecule has 2 nitrogen and oxygen atoms in total. The van der Waals surface area contributed by atoms with Crippen molar-refractivity contribution in [3.63, 3.8) is 0 Å². The zero-order valence-electron chi connectivity index (χ0n) is 10.3. The molecule has 0 amide bonds. The third-order valence-corrected chi connectivity index (χ3v) is 3.89. The lowest BCUT2D eigenvalue weighted by Crippen LogP contribution is -2.33. The molecule has 0 radical (unpaired) electrons. The molecule has 0 aromatic heterocycles. The van der Waals surface area contributed by atoms with Gasteiger partial charge in [-0.05, 0) is 51.7 Å². The van der Waals surface area contributed by atoms with E-state index in [1.807, 2.05) is 0 Å². The molecule has 0 heterocycles. The molecular formula is C13H24N2. The topological polar surface area (TPSA) is 6.48 Å². The second-order valence-electron chi connectivity index (χ2n) is 5.61. The summed E-state index contributed by atoms with van der Waals surface area (Å²) in [5.74, 6) is 2.76. The van der Waals surface area contributed by atoms with Crippen LogP contribution in [-0.2, 0) is 0 Å². The second-order valence-corrected chi connectivity index (χ2v) is 5.61. The number of allylic oxidation sites excluding steroid dienone is 2. The first kappa shape index (κ1) is 11.2. The third-order valence-electron chi connectivity index (χ3n) is 3.89. The summed E-state index contributed by atoms with van der Waals surface area (Å²) in [7, 11) is 6.56. The Labute approximate surface area is 93.9 Å². The average Bonchev–Trinajstić information content (AvgIpc) is 2.76. The lowest BCUT2D eigenvalue weighted by Gasteiger charge is -2.26. The minimum atomic E-state index is 0.900. The number of nitrogens with zero attached hydrogens (tertiary/aromatic N) is 2. The Hall–Kier alpha value is -0.340. The fraction of sp³-hybridized carbons (Fsp3) is 0.846. The molecule has 2 rings (SSSR count). The molecule has 0 aromatic rings. The highest BCUT2D eigenvalue weighted by atomic mass is 15.1. The standard InChI is InChI=1S/C13H24N2/c1-14(2)6-7-15(3)10-13-9-11-4-5-12(13)8-11/h4-5,11-13H,6-10H2,1-3H3/t11-,12-,13+/m1/s1. The smallest absolute Gasteiger partial charge is 0.0106 e. The number of hydrogen-bond acceptors (Lipinski definition) is 2. The summed E-state index contributed by atoms with van der Waals surface area (Å²) in [5.41, 5.74) is 0. The molecule has 3 atom stereocenters. The van der Waals surface area contributed by atoms with Gasteiger partial charge in [-0.1, -0.05) is 12.2 Å². The van der Waals surface area contributed by atoms with Gasteiger partial charge in [0.1, 0.15) is 0 Å². The van der Waals surface area contributed by atoms with E-state index in [4.69, 9.17) is 0 Å². The minimum Gasteiger partial charge on any atom is -0.308 e. The van der Waals surface area contributed by atoms with Gasteiger partial charge in [-0.3, -0.25) is 0 Å². The zero-order valence-corrected chi connectivity index (χ0v) is 10.3. The molecule has 2 heteroatoms. The summed E-state index contributed by atoms with van der Waals surface area (Å²) in [4.78, 5) is 4.76. The van der Waals surface area contributed by atoms with Crippen LogP contribution < -0.4 is 0 Å². The first-order valence-corrected chi connectivity index (χ1v) is 6.16. The molecule has 0 spiro atoms. The van der Waals surface area contributed by atoms with Crippen LogP contribution in [0.2, 0.25) is 0 Å². The van der Waals surface area contributed by atoms with Crippen LogP contribution in [0.4, 0.5) is 0 Å². The Morgan fingerprint density at radius 2 is 1.87 bits per heavy atom. The van der Waals surface area contributed by atoms with Crippen LogP contribution in [0.1, 0.15) is 12.8 Å². The molecule has 86 valence electrons. The monoisotopic (exact) mass is 208 g/mol. The minimum absolute atomic E-state index is 0.900. The highest BCUT2D eigenvalue weighted by Gasteiger charge is 2.35.